The van der Waals surface area contributed by atoms with Crippen LogP contribution in [-0.2, 0) is 10.4 Å². The Morgan fingerprint density at radius 2 is 2.04 bits per heavy atom. The highest BCUT2D eigenvalue weighted by Crippen LogP contribution is 2.23. The number of hydrogen-bond acceptors (Lipinski definition) is 5. The minimum Gasteiger partial charge on any atom is -0.495 e. The first-order valence-corrected chi connectivity index (χ1v) is 7.35. The molecule has 0 bridgehead atoms. The van der Waals surface area contributed by atoms with Crippen molar-refractivity contribution in [3.8, 4) is 5.75 Å². The largest absolute Gasteiger partial charge is 0.495 e. The first-order chi connectivity index (χ1) is 10.9. The van der Waals surface area contributed by atoms with Gasteiger partial charge < -0.3 is 24.9 Å². The van der Waals surface area contributed by atoms with E-state index in [1.165, 1.54) is 0 Å². The van der Waals surface area contributed by atoms with Crippen molar-refractivity contribution < 1.29 is 19.1 Å². The molecule has 0 aliphatic heterocycles. The molecular weight excluding hydrogens is 296 g/mol. The van der Waals surface area contributed by atoms with E-state index in [0.29, 0.717) is 17.3 Å². The second kappa shape index (κ2) is 7.19. The molecule has 0 saturated heterocycles. The number of aryl methyl sites for hydroxylation is 1. The molecule has 1 amide bonds. The molecule has 1 aromatic heterocycles. The van der Waals surface area contributed by atoms with Crippen LogP contribution in [-0.4, -0.2) is 31.2 Å². The molecule has 3 N–H and O–H groups in total. The van der Waals surface area contributed by atoms with Crippen molar-refractivity contribution in [3.63, 3.8) is 0 Å². The summed E-state index contributed by atoms with van der Waals surface area (Å²) in [5, 5.41) is 16.1. The number of hydrogen-bond donors (Lipinski definition) is 3. The number of para-hydroxylation sites is 2. The fraction of sp³-hybridized carbons (Fsp3) is 0.353. The van der Waals surface area contributed by atoms with Crippen LogP contribution < -0.4 is 15.4 Å². The molecule has 0 aliphatic rings. The summed E-state index contributed by atoms with van der Waals surface area (Å²) >= 11 is 0. The summed E-state index contributed by atoms with van der Waals surface area (Å²) in [4.78, 5) is 11.9. The third-order valence-electron chi connectivity index (χ3n) is 3.45. The van der Waals surface area contributed by atoms with Crippen molar-refractivity contribution in [2.24, 2.45) is 0 Å². The molecule has 2 rings (SSSR count). The number of amides is 1. The minimum atomic E-state index is -1.26. The van der Waals surface area contributed by atoms with Crippen molar-refractivity contribution in [2.75, 3.05) is 25.5 Å². The number of methoxy groups -OCH3 is 1. The standard InChI is InChI=1S/C17H22N2O4/c1-12-8-9-15(23-12)17(2,21)11-19-16(20)10-18-13-6-4-5-7-14(13)22-3/h4-9,18,21H,10-11H2,1-3H3,(H,19,20). The van der Waals surface area contributed by atoms with Crippen molar-refractivity contribution >= 4 is 11.6 Å². The van der Waals surface area contributed by atoms with Gasteiger partial charge in [-0.05, 0) is 38.1 Å². The molecule has 0 radical (unpaired) electrons. The Morgan fingerprint density at radius 1 is 1.30 bits per heavy atom. The average molecular weight is 318 g/mol. The lowest BCUT2D eigenvalue weighted by molar-refractivity contribution is -0.120. The van der Waals surface area contributed by atoms with Gasteiger partial charge in [-0.25, -0.2) is 0 Å². The Hall–Kier alpha value is -2.47. The lowest BCUT2D eigenvalue weighted by Crippen LogP contribution is -2.40. The van der Waals surface area contributed by atoms with Gasteiger partial charge in [-0.1, -0.05) is 12.1 Å². The topological polar surface area (TPSA) is 83.7 Å². The fourth-order valence-electron chi connectivity index (χ4n) is 2.11. The first kappa shape index (κ1) is 16.9. The van der Waals surface area contributed by atoms with Crippen LogP contribution >= 0.6 is 0 Å². The van der Waals surface area contributed by atoms with Gasteiger partial charge in [0.15, 0.2) is 0 Å². The van der Waals surface area contributed by atoms with E-state index < -0.39 is 5.60 Å². The quantitative estimate of drug-likeness (QED) is 0.727. The minimum absolute atomic E-state index is 0.0619. The summed E-state index contributed by atoms with van der Waals surface area (Å²) in [7, 11) is 1.57. The van der Waals surface area contributed by atoms with Gasteiger partial charge in [0, 0.05) is 0 Å². The molecule has 1 heterocycles. The Kier molecular flexibility index (Phi) is 5.28. The van der Waals surface area contributed by atoms with E-state index in [9.17, 15) is 9.90 Å². The number of nitrogens with one attached hydrogen (secondary N) is 2. The maximum absolute atomic E-state index is 11.9. The highest BCUT2D eigenvalue weighted by atomic mass is 16.5. The van der Waals surface area contributed by atoms with Gasteiger partial charge in [0.2, 0.25) is 5.91 Å². The predicted molar refractivity (Wildman–Crippen MR) is 87.5 cm³/mol. The van der Waals surface area contributed by atoms with Crippen LogP contribution in [0.1, 0.15) is 18.4 Å². The zero-order valence-corrected chi connectivity index (χ0v) is 13.6. The fourth-order valence-corrected chi connectivity index (χ4v) is 2.11. The van der Waals surface area contributed by atoms with Crippen LogP contribution in [0.3, 0.4) is 0 Å². The lowest BCUT2D eigenvalue weighted by Gasteiger charge is -2.21. The molecular formula is C17H22N2O4. The molecule has 1 atom stereocenters. The molecule has 23 heavy (non-hydrogen) atoms. The molecule has 2 aromatic rings. The zero-order valence-electron chi connectivity index (χ0n) is 13.6. The van der Waals surface area contributed by atoms with Crippen molar-refractivity contribution in [3.05, 3.63) is 47.9 Å². The molecule has 0 aliphatic carbocycles. The van der Waals surface area contributed by atoms with Crippen LogP contribution in [0.5, 0.6) is 5.75 Å². The third-order valence-corrected chi connectivity index (χ3v) is 3.45. The van der Waals surface area contributed by atoms with Crippen molar-refractivity contribution in [1.29, 1.82) is 0 Å². The van der Waals surface area contributed by atoms with Crippen LogP contribution in [0, 0.1) is 6.92 Å². The Morgan fingerprint density at radius 3 is 2.70 bits per heavy atom. The third kappa shape index (κ3) is 4.50. The molecule has 0 spiro atoms. The van der Waals surface area contributed by atoms with E-state index in [1.807, 2.05) is 24.3 Å². The molecule has 1 aromatic carbocycles. The highest BCUT2D eigenvalue weighted by molar-refractivity contribution is 5.81. The number of carbonyl (C=O) groups is 1. The number of ether oxygens (including phenoxy) is 1. The van der Waals surface area contributed by atoms with Gasteiger partial charge in [-0.3, -0.25) is 4.79 Å². The second-order valence-corrected chi connectivity index (χ2v) is 5.51. The first-order valence-electron chi connectivity index (χ1n) is 7.35. The Bertz CT molecular complexity index is 664. The number of furan rings is 1. The number of aliphatic hydroxyl groups is 1. The number of carbonyl (C=O) groups excluding carboxylic acids is 1. The van der Waals surface area contributed by atoms with E-state index in [2.05, 4.69) is 10.6 Å². The molecule has 0 saturated carbocycles. The Balaban J connectivity index is 1.85. The highest BCUT2D eigenvalue weighted by Gasteiger charge is 2.27. The predicted octanol–water partition coefficient (Wildman–Crippen LogP) is 2.03. The van der Waals surface area contributed by atoms with Crippen molar-refractivity contribution in [1.82, 2.24) is 5.32 Å². The molecule has 6 heteroatoms. The normalized spacial score (nSPS) is 13.2. The average Bonchev–Trinajstić information content (AvgIpc) is 2.98. The summed E-state index contributed by atoms with van der Waals surface area (Å²) in [6, 6.07) is 10.8. The van der Waals surface area contributed by atoms with Gasteiger partial charge >= 0.3 is 0 Å². The molecule has 6 nitrogen and oxygen atoms in total. The van der Waals surface area contributed by atoms with E-state index in [4.69, 9.17) is 9.15 Å². The van der Waals surface area contributed by atoms with Gasteiger partial charge in [-0.15, -0.1) is 0 Å². The van der Waals surface area contributed by atoms with Crippen molar-refractivity contribution in [2.45, 2.75) is 19.4 Å². The number of benzene rings is 1. The van der Waals surface area contributed by atoms with E-state index in [1.54, 1.807) is 33.1 Å². The maximum Gasteiger partial charge on any atom is 0.239 e. The maximum atomic E-state index is 11.9. The second-order valence-electron chi connectivity index (χ2n) is 5.51. The van der Waals surface area contributed by atoms with E-state index >= 15 is 0 Å². The molecule has 1 unspecified atom stereocenters. The van der Waals surface area contributed by atoms with Crippen LogP contribution in [0.15, 0.2) is 40.8 Å². The molecule has 124 valence electrons. The zero-order chi connectivity index (χ0) is 16.9. The van der Waals surface area contributed by atoms with Crippen LogP contribution in [0.25, 0.3) is 0 Å². The smallest absolute Gasteiger partial charge is 0.239 e. The summed E-state index contributed by atoms with van der Waals surface area (Å²) in [6.07, 6.45) is 0. The summed E-state index contributed by atoms with van der Waals surface area (Å²) in [5.41, 5.74) is -0.521. The number of rotatable bonds is 7. The monoisotopic (exact) mass is 318 g/mol. The van der Waals surface area contributed by atoms with E-state index in [0.717, 1.165) is 5.69 Å². The van der Waals surface area contributed by atoms with Gasteiger partial charge in [0.05, 0.1) is 25.9 Å². The molecule has 0 fully saturated rings. The SMILES string of the molecule is COc1ccccc1NCC(=O)NCC(C)(O)c1ccc(C)o1. The van der Waals surface area contributed by atoms with Gasteiger partial charge in [0.25, 0.3) is 0 Å². The Labute approximate surface area is 135 Å². The summed E-state index contributed by atoms with van der Waals surface area (Å²) in [5.74, 6) is 1.57. The van der Waals surface area contributed by atoms with E-state index in [-0.39, 0.29) is 19.0 Å². The van der Waals surface area contributed by atoms with Crippen LogP contribution in [0.2, 0.25) is 0 Å². The lowest BCUT2D eigenvalue weighted by atomic mass is 10.0. The summed E-state index contributed by atoms with van der Waals surface area (Å²) < 4.78 is 10.6. The van der Waals surface area contributed by atoms with Gasteiger partial charge in [0.1, 0.15) is 22.9 Å². The van der Waals surface area contributed by atoms with Crippen LogP contribution in [0.4, 0.5) is 5.69 Å². The van der Waals surface area contributed by atoms with Gasteiger partial charge in [-0.2, -0.15) is 0 Å². The summed E-state index contributed by atoms with van der Waals surface area (Å²) in [6.45, 7) is 3.54. The number of anilines is 1.